The Labute approximate surface area is 198 Å². The number of non-ortho nitro benzene ring substituents is 1. The van der Waals surface area contributed by atoms with Crippen molar-refractivity contribution in [3.05, 3.63) is 92.4 Å². The average molecular weight is 483 g/mol. The molecule has 0 bridgehead atoms. The van der Waals surface area contributed by atoms with Gasteiger partial charge in [0.2, 0.25) is 0 Å². The predicted octanol–water partition coefficient (Wildman–Crippen LogP) is 3.20. The zero-order valence-corrected chi connectivity index (χ0v) is 18.9. The third-order valence-electron chi connectivity index (χ3n) is 4.38. The van der Waals surface area contributed by atoms with E-state index in [9.17, 15) is 24.5 Å². The largest absolute Gasteiger partial charge is 0.283 e. The molecular weight excluding hydrogens is 464 g/mol. The fourth-order valence-corrected chi connectivity index (χ4v) is 4.12. The Bertz CT molecular complexity index is 1180. The maximum absolute atomic E-state index is 12.7. The number of nitro benzene ring substituents is 1. The fraction of sp³-hybridized carbons (Fsp3) is 0.0909. The minimum atomic E-state index is -0.662. The van der Waals surface area contributed by atoms with Crippen LogP contribution in [0.5, 0.6) is 0 Å². The van der Waals surface area contributed by atoms with Crippen LogP contribution in [0.25, 0.3) is 6.08 Å². The van der Waals surface area contributed by atoms with E-state index >= 15 is 0 Å². The zero-order chi connectivity index (χ0) is 24.0. The Morgan fingerprint density at radius 2 is 1.79 bits per heavy atom. The van der Waals surface area contributed by atoms with Crippen molar-refractivity contribution < 1.29 is 19.3 Å². The Kier molecular flexibility index (Phi) is 7.70. The number of hydrazine groups is 1. The normalized spacial score (nSPS) is 15.0. The molecule has 1 fully saturated rings. The van der Waals surface area contributed by atoms with Gasteiger partial charge in [0.1, 0.15) is 10.9 Å². The van der Waals surface area contributed by atoms with E-state index in [2.05, 4.69) is 10.9 Å². The van der Waals surface area contributed by atoms with Crippen molar-refractivity contribution in [2.24, 2.45) is 0 Å². The summed E-state index contributed by atoms with van der Waals surface area (Å²) in [5, 5.41) is 10.7. The van der Waals surface area contributed by atoms with Gasteiger partial charge in [-0.2, -0.15) is 0 Å². The molecule has 0 saturated carbocycles. The highest BCUT2D eigenvalue weighted by atomic mass is 32.2. The van der Waals surface area contributed by atoms with Crippen molar-refractivity contribution in [3.63, 3.8) is 0 Å². The second-order valence-electron chi connectivity index (χ2n) is 6.87. The topological polar surface area (TPSA) is 122 Å². The molecule has 2 aromatic carbocycles. The molecule has 1 aliphatic heterocycles. The molecule has 0 unspecified atom stereocenters. The fourth-order valence-electron chi connectivity index (χ4n) is 2.81. The Morgan fingerprint density at radius 1 is 1.12 bits per heavy atom. The third kappa shape index (κ3) is 6.34. The quantitative estimate of drug-likeness (QED) is 0.281. The number of carbonyl (C=O) groups excluding carboxylic acids is 3. The molecule has 0 spiro atoms. The van der Waals surface area contributed by atoms with Gasteiger partial charge in [-0.3, -0.25) is 40.2 Å². The Balaban J connectivity index is 1.56. The summed E-state index contributed by atoms with van der Waals surface area (Å²) in [6.07, 6.45) is 3.63. The number of carbonyl (C=O) groups is 3. The van der Waals surface area contributed by atoms with Gasteiger partial charge in [-0.15, -0.1) is 0 Å². The average Bonchev–Trinajstić information content (AvgIpc) is 3.05. The standard InChI is InChI=1S/C22H18N4O5S2/c1-14(11-15-5-3-2-4-6-15)12-18-21(29)25(22(32)33-18)13-19(27)23-24-20(28)16-7-9-17(10-8-16)26(30)31/h2-12H,13H2,1H3,(H,23,27)(H,24,28). The van der Waals surface area contributed by atoms with Gasteiger partial charge in [-0.25, -0.2) is 0 Å². The van der Waals surface area contributed by atoms with E-state index in [-0.39, 0.29) is 22.1 Å². The van der Waals surface area contributed by atoms with Gasteiger partial charge in [0.05, 0.1) is 9.83 Å². The van der Waals surface area contributed by atoms with Gasteiger partial charge in [0.25, 0.3) is 23.4 Å². The van der Waals surface area contributed by atoms with Gasteiger partial charge in [-0.1, -0.05) is 60.4 Å². The van der Waals surface area contributed by atoms with Crippen molar-refractivity contribution in [1.29, 1.82) is 0 Å². The molecule has 1 saturated heterocycles. The summed E-state index contributed by atoms with van der Waals surface area (Å²) >= 11 is 6.32. The first-order valence-electron chi connectivity index (χ1n) is 9.57. The van der Waals surface area contributed by atoms with Crippen LogP contribution in [0.3, 0.4) is 0 Å². The SMILES string of the molecule is CC(=Cc1ccccc1)C=C1SC(=S)N(CC(=O)NNC(=O)c2ccc([N+](=O)[O-])cc2)C1=O. The van der Waals surface area contributed by atoms with Crippen LogP contribution in [0, 0.1) is 10.1 Å². The Morgan fingerprint density at radius 3 is 2.42 bits per heavy atom. The van der Waals surface area contributed by atoms with Crippen molar-refractivity contribution in [3.8, 4) is 0 Å². The number of hydrogen-bond acceptors (Lipinski definition) is 7. The number of nitro groups is 1. The van der Waals surface area contributed by atoms with Gasteiger partial charge >= 0.3 is 0 Å². The van der Waals surface area contributed by atoms with Crippen LogP contribution in [0.2, 0.25) is 0 Å². The Hall–Kier alpha value is -3.83. The first-order valence-corrected chi connectivity index (χ1v) is 10.8. The summed E-state index contributed by atoms with van der Waals surface area (Å²) in [4.78, 5) is 48.6. The summed E-state index contributed by atoms with van der Waals surface area (Å²) in [6.45, 7) is 1.49. The lowest BCUT2D eigenvalue weighted by Crippen LogP contribution is -2.47. The van der Waals surface area contributed by atoms with Gasteiger partial charge < -0.3 is 0 Å². The van der Waals surface area contributed by atoms with E-state index in [1.54, 1.807) is 6.08 Å². The molecule has 9 nitrogen and oxygen atoms in total. The van der Waals surface area contributed by atoms with Crippen molar-refractivity contribution in [1.82, 2.24) is 15.8 Å². The molecule has 11 heteroatoms. The molecule has 1 heterocycles. The van der Waals surface area contributed by atoms with E-state index in [1.807, 2.05) is 43.3 Å². The van der Waals surface area contributed by atoms with Crippen molar-refractivity contribution in [2.75, 3.05) is 6.54 Å². The van der Waals surface area contributed by atoms with E-state index < -0.39 is 22.6 Å². The van der Waals surface area contributed by atoms with Crippen LogP contribution in [-0.4, -0.2) is 38.4 Å². The molecule has 3 amide bonds. The number of nitrogens with one attached hydrogen (secondary N) is 2. The second-order valence-corrected chi connectivity index (χ2v) is 8.55. The molecule has 2 N–H and O–H groups in total. The second kappa shape index (κ2) is 10.7. The lowest BCUT2D eigenvalue weighted by atomic mass is 10.1. The maximum Gasteiger partial charge on any atom is 0.269 e. The number of allylic oxidation sites excluding steroid dienone is 2. The molecule has 33 heavy (non-hydrogen) atoms. The van der Waals surface area contributed by atoms with Crippen LogP contribution in [0.1, 0.15) is 22.8 Å². The number of thioether (sulfide) groups is 1. The summed E-state index contributed by atoms with van der Waals surface area (Å²) < 4.78 is 0.232. The highest BCUT2D eigenvalue weighted by molar-refractivity contribution is 8.26. The zero-order valence-electron chi connectivity index (χ0n) is 17.3. The predicted molar refractivity (Wildman–Crippen MR) is 129 cm³/mol. The van der Waals surface area contributed by atoms with Crippen LogP contribution >= 0.6 is 24.0 Å². The van der Waals surface area contributed by atoms with E-state index in [0.717, 1.165) is 27.8 Å². The lowest BCUT2D eigenvalue weighted by Gasteiger charge is -2.14. The van der Waals surface area contributed by atoms with Crippen LogP contribution in [0.15, 0.2) is 71.2 Å². The minimum Gasteiger partial charge on any atom is -0.283 e. The van der Waals surface area contributed by atoms with Gasteiger partial charge in [-0.05, 0) is 36.3 Å². The smallest absolute Gasteiger partial charge is 0.269 e. The van der Waals surface area contributed by atoms with Crippen LogP contribution in [-0.2, 0) is 9.59 Å². The number of nitrogens with zero attached hydrogens (tertiary/aromatic N) is 2. The number of amides is 3. The molecule has 0 aliphatic carbocycles. The first-order chi connectivity index (χ1) is 15.7. The first kappa shape index (κ1) is 23.8. The number of thiocarbonyl (C=S) groups is 1. The molecule has 0 radical (unpaired) electrons. The minimum absolute atomic E-state index is 0.120. The van der Waals surface area contributed by atoms with Crippen LogP contribution in [0.4, 0.5) is 5.69 Å². The highest BCUT2D eigenvalue weighted by Crippen LogP contribution is 2.31. The summed E-state index contributed by atoms with van der Waals surface area (Å²) in [5.41, 5.74) is 6.21. The molecule has 0 aromatic heterocycles. The molecule has 0 atom stereocenters. The van der Waals surface area contributed by atoms with E-state index in [4.69, 9.17) is 12.2 Å². The van der Waals surface area contributed by atoms with Gasteiger partial charge in [0.15, 0.2) is 0 Å². The molecular formula is C22H18N4O5S2. The molecule has 1 aliphatic rings. The maximum atomic E-state index is 12.7. The van der Waals surface area contributed by atoms with Crippen LogP contribution < -0.4 is 10.9 Å². The van der Waals surface area contributed by atoms with Gasteiger partial charge in [0, 0.05) is 17.7 Å². The summed E-state index contributed by atoms with van der Waals surface area (Å²) in [7, 11) is 0. The third-order valence-corrected chi connectivity index (χ3v) is 5.76. The summed E-state index contributed by atoms with van der Waals surface area (Å²) in [5.74, 6) is -1.72. The van der Waals surface area contributed by atoms with Crippen molar-refractivity contribution >= 4 is 57.8 Å². The molecule has 168 valence electrons. The number of benzene rings is 2. The summed E-state index contributed by atoms with van der Waals surface area (Å²) in [6, 6.07) is 14.5. The number of hydrogen-bond donors (Lipinski definition) is 2. The van der Waals surface area contributed by atoms with E-state index in [1.165, 1.54) is 24.3 Å². The molecule has 2 aromatic rings. The van der Waals surface area contributed by atoms with Crippen molar-refractivity contribution in [2.45, 2.75) is 6.92 Å². The highest BCUT2D eigenvalue weighted by Gasteiger charge is 2.33. The monoisotopic (exact) mass is 482 g/mol. The van der Waals surface area contributed by atoms with E-state index in [0.29, 0.717) is 4.91 Å². The number of rotatable bonds is 6. The molecule has 3 rings (SSSR count). The lowest BCUT2D eigenvalue weighted by molar-refractivity contribution is -0.384.